The maximum absolute atomic E-state index is 5.92. The third-order valence-electron chi connectivity index (χ3n) is 3.35. The van der Waals surface area contributed by atoms with Gasteiger partial charge in [0.2, 0.25) is 0 Å². The Morgan fingerprint density at radius 3 is 2.62 bits per heavy atom. The van der Waals surface area contributed by atoms with E-state index >= 15 is 0 Å². The predicted octanol–water partition coefficient (Wildman–Crippen LogP) is 2.57. The summed E-state index contributed by atoms with van der Waals surface area (Å²) in [4.78, 5) is 2.38. The Kier molecular flexibility index (Phi) is 3.83. The van der Waals surface area contributed by atoms with E-state index in [4.69, 9.17) is 5.73 Å². The molecular formula is C14H22N2. The summed E-state index contributed by atoms with van der Waals surface area (Å²) < 4.78 is 0. The molecular weight excluding hydrogens is 196 g/mol. The van der Waals surface area contributed by atoms with Crippen LogP contribution in [0.15, 0.2) is 24.3 Å². The first-order valence-corrected chi connectivity index (χ1v) is 6.39. The molecule has 1 aromatic rings. The van der Waals surface area contributed by atoms with Gasteiger partial charge in [-0.1, -0.05) is 25.5 Å². The lowest BCUT2D eigenvalue weighted by atomic mass is 10.1. The molecule has 88 valence electrons. The highest BCUT2D eigenvalue weighted by atomic mass is 15.2. The molecule has 2 N–H and O–H groups in total. The van der Waals surface area contributed by atoms with E-state index in [0.29, 0.717) is 6.04 Å². The molecule has 0 saturated carbocycles. The summed E-state index contributed by atoms with van der Waals surface area (Å²) in [5.41, 5.74) is 8.70. The first-order valence-electron chi connectivity index (χ1n) is 6.39. The van der Waals surface area contributed by atoms with Crippen molar-refractivity contribution in [3.05, 3.63) is 29.8 Å². The van der Waals surface area contributed by atoms with Gasteiger partial charge in [0.15, 0.2) is 0 Å². The molecule has 1 aliphatic rings. The molecule has 1 unspecified atom stereocenters. The van der Waals surface area contributed by atoms with Gasteiger partial charge in [0.05, 0.1) is 0 Å². The molecule has 0 spiro atoms. The maximum Gasteiger partial charge on any atom is 0.0366 e. The van der Waals surface area contributed by atoms with E-state index in [-0.39, 0.29) is 0 Å². The predicted molar refractivity (Wildman–Crippen MR) is 69.9 cm³/mol. The SMILES string of the molecule is CCCCc1ccc(N2CCC(N)C2)cc1. The minimum Gasteiger partial charge on any atom is -0.370 e. The number of aryl methyl sites for hydroxylation is 1. The van der Waals surface area contributed by atoms with E-state index in [1.807, 2.05) is 0 Å². The Morgan fingerprint density at radius 2 is 2.06 bits per heavy atom. The second-order valence-corrected chi connectivity index (χ2v) is 4.76. The minimum atomic E-state index is 0.361. The molecule has 0 aliphatic carbocycles. The fourth-order valence-corrected chi connectivity index (χ4v) is 2.28. The van der Waals surface area contributed by atoms with Crippen molar-refractivity contribution in [2.75, 3.05) is 18.0 Å². The molecule has 1 saturated heterocycles. The number of hydrogen-bond acceptors (Lipinski definition) is 2. The number of unbranched alkanes of at least 4 members (excludes halogenated alkanes) is 1. The van der Waals surface area contributed by atoms with Crippen molar-refractivity contribution >= 4 is 5.69 Å². The lowest BCUT2D eigenvalue weighted by molar-refractivity contribution is 0.752. The van der Waals surface area contributed by atoms with E-state index < -0.39 is 0 Å². The topological polar surface area (TPSA) is 29.3 Å². The van der Waals surface area contributed by atoms with Crippen molar-refractivity contribution < 1.29 is 0 Å². The first-order chi connectivity index (χ1) is 7.79. The van der Waals surface area contributed by atoms with E-state index in [1.54, 1.807) is 0 Å². The lowest BCUT2D eigenvalue weighted by Gasteiger charge is -2.18. The Labute approximate surface area is 98.4 Å². The molecule has 1 fully saturated rings. The van der Waals surface area contributed by atoms with Crippen LogP contribution < -0.4 is 10.6 Å². The van der Waals surface area contributed by atoms with Crippen molar-refractivity contribution in [1.82, 2.24) is 0 Å². The largest absolute Gasteiger partial charge is 0.370 e. The zero-order valence-electron chi connectivity index (χ0n) is 10.2. The number of hydrogen-bond donors (Lipinski definition) is 1. The van der Waals surface area contributed by atoms with Crippen LogP contribution in [0.25, 0.3) is 0 Å². The lowest BCUT2D eigenvalue weighted by Crippen LogP contribution is -2.26. The van der Waals surface area contributed by atoms with Crippen LogP contribution in [0, 0.1) is 0 Å². The average Bonchev–Trinajstić information content (AvgIpc) is 2.74. The molecule has 1 aromatic carbocycles. The third-order valence-corrected chi connectivity index (χ3v) is 3.35. The number of benzene rings is 1. The Bertz CT molecular complexity index is 318. The first kappa shape index (κ1) is 11.5. The fraction of sp³-hybridized carbons (Fsp3) is 0.571. The fourth-order valence-electron chi connectivity index (χ4n) is 2.28. The van der Waals surface area contributed by atoms with Gasteiger partial charge in [-0.2, -0.15) is 0 Å². The van der Waals surface area contributed by atoms with Gasteiger partial charge in [-0.3, -0.25) is 0 Å². The summed E-state index contributed by atoms with van der Waals surface area (Å²) in [7, 11) is 0. The van der Waals surface area contributed by atoms with Crippen LogP contribution in [-0.4, -0.2) is 19.1 Å². The smallest absolute Gasteiger partial charge is 0.0366 e. The minimum absolute atomic E-state index is 0.361. The number of anilines is 1. The van der Waals surface area contributed by atoms with E-state index in [2.05, 4.69) is 36.1 Å². The van der Waals surface area contributed by atoms with Gasteiger partial charge >= 0.3 is 0 Å². The Hall–Kier alpha value is -1.02. The number of nitrogens with two attached hydrogens (primary N) is 1. The van der Waals surface area contributed by atoms with Crippen molar-refractivity contribution in [3.63, 3.8) is 0 Å². The van der Waals surface area contributed by atoms with Crippen LogP contribution >= 0.6 is 0 Å². The molecule has 1 heterocycles. The molecule has 2 nitrogen and oxygen atoms in total. The van der Waals surface area contributed by atoms with Gasteiger partial charge in [-0.25, -0.2) is 0 Å². The van der Waals surface area contributed by atoms with Gasteiger partial charge in [-0.15, -0.1) is 0 Å². The second kappa shape index (κ2) is 5.35. The van der Waals surface area contributed by atoms with Crippen LogP contribution in [-0.2, 0) is 6.42 Å². The molecule has 0 radical (unpaired) electrons. The summed E-state index contributed by atoms with van der Waals surface area (Å²) in [6.07, 6.45) is 4.88. The number of rotatable bonds is 4. The van der Waals surface area contributed by atoms with E-state index in [1.165, 1.54) is 30.5 Å². The Balaban J connectivity index is 1.96. The van der Waals surface area contributed by atoms with Crippen LogP contribution in [0.3, 0.4) is 0 Å². The average molecular weight is 218 g/mol. The van der Waals surface area contributed by atoms with Gasteiger partial charge in [0.25, 0.3) is 0 Å². The van der Waals surface area contributed by atoms with Gasteiger partial charge in [0.1, 0.15) is 0 Å². The zero-order chi connectivity index (χ0) is 11.4. The molecule has 0 bridgehead atoms. The third kappa shape index (κ3) is 2.76. The monoisotopic (exact) mass is 218 g/mol. The summed E-state index contributed by atoms with van der Waals surface area (Å²) in [5, 5.41) is 0. The van der Waals surface area contributed by atoms with Crippen molar-refractivity contribution in [2.24, 2.45) is 5.73 Å². The van der Waals surface area contributed by atoms with Gasteiger partial charge in [-0.05, 0) is 37.0 Å². The van der Waals surface area contributed by atoms with Crippen molar-refractivity contribution in [2.45, 2.75) is 38.6 Å². The highest BCUT2D eigenvalue weighted by molar-refractivity contribution is 5.48. The highest BCUT2D eigenvalue weighted by Gasteiger charge is 2.18. The standard InChI is InChI=1S/C14H22N2/c1-2-3-4-12-5-7-14(8-6-12)16-10-9-13(15)11-16/h5-8,13H,2-4,9-11,15H2,1H3. The Morgan fingerprint density at radius 1 is 1.31 bits per heavy atom. The summed E-state index contributed by atoms with van der Waals surface area (Å²) in [6.45, 7) is 4.35. The molecule has 2 heteroatoms. The molecule has 1 atom stereocenters. The summed E-state index contributed by atoms with van der Waals surface area (Å²) in [5.74, 6) is 0. The zero-order valence-corrected chi connectivity index (χ0v) is 10.2. The van der Waals surface area contributed by atoms with Crippen molar-refractivity contribution in [3.8, 4) is 0 Å². The van der Waals surface area contributed by atoms with Crippen LogP contribution in [0.5, 0.6) is 0 Å². The maximum atomic E-state index is 5.92. The molecule has 1 aliphatic heterocycles. The second-order valence-electron chi connectivity index (χ2n) is 4.76. The normalized spacial score (nSPS) is 20.4. The van der Waals surface area contributed by atoms with Crippen LogP contribution in [0.1, 0.15) is 31.7 Å². The molecule has 0 amide bonds. The highest BCUT2D eigenvalue weighted by Crippen LogP contribution is 2.20. The van der Waals surface area contributed by atoms with E-state index in [0.717, 1.165) is 19.5 Å². The summed E-state index contributed by atoms with van der Waals surface area (Å²) >= 11 is 0. The molecule has 0 aromatic heterocycles. The molecule has 16 heavy (non-hydrogen) atoms. The van der Waals surface area contributed by atoms with E-state index in [9.17, 15) is 0 Å². The van der Waals surface area contributed by atoms with Gasteiger partial charge in [0, 0.05) is 24.8 Å². The van der Waals surface area contributed by atoms with Crippen LogP contribution in [0.4, 0.5) is 5.69 Å². The number of nitrogens with zero attached hydrogens (tertiary/aromatic N) is 1. The van der Waals surface area contributed by atoms with Crippen LogP contribution in [0.2, 0.25) is 0 Å². The van der Waals surface area contributed by atoms with Gasteiger partial charge < -0.3 is 10.6 Å². The molecule has 2 rings (SSSR count). The van der Waals surface area contributed by atoms with Crippen molar-refractivity contribution in [1.29, 1.82) is 0 Å². The quantitative estimate of drug-likeness (QED) is 0.841. The summed E-state index contributed by atoms with van der Waals surface area (Å²) in [6, 6.07) is 9.36.